The lowest BCUT2D eigenvalue weighted by atomic mass is 9.86. The zero-order valence-electron chi connectivity index (χ0n) is 16.1. The van der Waals surface area contributed by atoms with Gasteiger partial charge in [0.1, 0.15) is 35.6 Å². The van der Waals surface area contributed by atoms with Crippen LogP contribution in [0.3, 0.4) is 0 Å². The minimum atomic E-state index is -2.06. The molecule has 31 heavy (non-hydrogen) atoms. The first-order chi connectivity index (χ1) is 14.7. The van der Waals surface area contributed by atoms with Crippen molar-refractivity contribution in [2.24, 2.45) is 0 Å². The number of nitro groups is 1. The van der Waals surface area contributed by atoms with Gasteiger partial charge in [-0.15, -0.1) is 0 Å². The number of carbonyl (C=O) groups excluding carboxylic acids is 1. The largest absolute Gasteiger partial charge is 0.412 e. The predicted molar refractivity (Wildman–Crippen MR) is 102 cm³/mol. The molecular weight excluding hydrogens is 416 g/mol. The average Bonchev–Trinajstić information content (AvgIpc) is 3.20. The maximum Gasteiger partial charge on any atom is 0.412 e. The number of aromatic nitrogens is 3. The van der Waals surface area contributed by atoms with Crippen LogP contribution in [-0.2, 0) is 12.1 Å². The van der Waals surface area contributed by atoms with Crippen molar-refractivity contribution in [1.82, 2.24) is 20.1 Å². The van der Waals surface area contributed by atoms with Crippen molar-refractivity contribution in [3.05, 3.63) is 82.4 Å². The van der Waals surface area contributed by atoms with Gasteiger partial charge >= 0.3 is 6.09 Å². The molecule has 1 aromatic heterocycles. The quantitative estimate of drug-likeness (QED) is 0.432. The molecule has 0 unspecified atom stereocenters. The van der Waals surface area contributed by atoms with Crippen molar-refractivity contribution < 1.29 is 28.3 Å². The van der Waals surface area contributed by atoms with Crippen LogP contribution < -0.4 is 10.1 Å². The van der Waals surface area contributed by atoms with Gasteiger partial charge in [-0.1, -0.05) is 6.07 Å². The molecule has 2 atom stereocenters. The molecule has 0 aliphatic heterocycles. The second kappa shape index (κ2) is 8.83. The molecule has 0 spiro atoms. The second-order valence-corrected chi connectivity index (χ2v) is 6.65. The van der Waals surface area contributed by atoms with E-state index in [2.05, 4.69) is 15.4 Å². The number of nitro benzene ring substituents is 1. The molecule has 0 fully saturated rings. The topological polar surface area (TPSA) is 132 Å². The molecule has 1 heterocycles. The van der Waals surface area contributed by atoms with Crippen LogP contribution in [0.1, 0.15) is 12.5 Å². The lowest BCUT2D eigenvalue weighted by Crippen LogP contribution is -2.52. The lowest BCUT2D eigenvalue weighted by molar-refractivity contribution is -0.384. The molecule has 0 saturated carbocycles. The Labute approximate surface area is 174 Å². The summed E-state index contributed by atoms with van der Waals surface area (Å²) in [5.41, 5.74) is -2.51. The number of hydrogen-bond acceptors (Lipinski definition) is 7. The summed E-state index contributed by atoms with van der Waals surface area (Å²) in [6.07, 6.45) is 1.50. The predicted octanol–water partition coefficient (Wildman–Crippen LogP) is 2.53. The van der Waals surface area contributed by atoms with E-state index in [9.17, 15) is 28.8 Å². The van der Waals surface area contributed by atoms with Gasteiger partial charge in [-0.25, -0.2) is 23.2 Å². The molecule has 12 heteroatoms. The lowest BCUT2D eigenvalue weighted by Gasteiger charge is -2.34. The van der Waals surface area contributed by atoms with Crippen LogP contribution >= 0.6 is 0 Å². The number of aliphatic hydroxyl groups is 1. The molecular formula is C19H17F2N5O5. The van der Waals surface area contributed by atoms with E-state index in [0.29, 0.717) is 6.07 Å². The molecule has 2 N–H and O–H groups in total. The molecule has 10 nitrogen and oxygen atoms in total. The molecule has 3 aromatic rings. The number of hydrogen-bond donors (Lipinski definition) is 2. The number of non-ortho nitro benzene ring substituents is 1. The van der Waals surface area contributed by atoms with Crippen LogP contribution in [0.2, 0.25) is 0 Å². The van der Waals surface area contributed by atoms with Gasteiger partial charge < -0.3 is 15.2 Å². The highest BCUT2D eigenvalue weighted by atomic mass is 19.1. The molecule has 0 bridgehead atoms. The maximum absolute atomic E-state index is 14.5. The Hall–Kier alpha value is -3.93. The Morgan fingerprint density at radius 3 is 2.61 bits per heavy atom. The number of rotatable bonds is 7. The van der Waals surface area contributed by atoms with E-state index < -0.39 is 34.3 Å². The summed E-state index contributed by atoms with van der Waals surface area (Å²) in [6.45, 7) is 1.09. The second-order valence-electron chi connectivity index (χ2n) is 6.65. The number of nitrogens with one attached hydrogen (secondary N) is 1. The van der Waals surface area contributed by atoms with Crippen LogP contribution in [0.15, 0.2) is 55.1 Å². The van der Waals surface area contributed by atoms with Crippen molar-refractivity contribution in [3.8, 4) is 5.75 Å². The van der Waals surface area contributed by atoms with E-state index in [4.69, 9.17) is 4.74 Å². The van der Waals surface area contributed by atoms with Crippen molar-refractivity contribution in [2.75, 3.05) is 0 Å². The minimum absolute atomic E-state index is 0.0167. The summed E-state index contributed by atoms with van der Waals surface area (Å²) in [6, 6.07) is 6.29. The van der Waals surface area contributed by atoms with Crippen molar-refractivity contribution >= 4 is 11.8 Å². The summed E-state index contributed by atoms with van der Waals surface area (Å²) in [5, 5.41) is 28.3. The first-order valence-electron chi connectivity index (χ1n) is 8.92. The molecule has 162 valence electrons. The Bertz CT molecular complexity index is 1080. The fourth-order valence-electron chi connectivity index (χ4n) is 2.93. The first-order valence-corrected chi connectivity index (χ1v) is 8.92. The fourth-order valence-corrected chi connectivity index (χ4v) is 2.93. The number of ether oxygens (including phenoxy) is 1. The van der Waals surface area contributed by atoms with Crippen LogP contribution in [-0.4, -0.2) is 36.9 Å². The highest BCUT2D eigenvalue weighted by Crippen LogP contribution is 2.30. The molecule has 0 radical (unpaired) electrons. The van der Waals surface area contributed by atoms with E-state index in [1.165, 1.54) is 36.4 Å². The molecule has 0 aliphatic carbocycles. The number of benzene rings is 2. The maximum atomic E-state index is 14.5. The van der Waals surface area contributed by atoms with Crippen LogP contribution in [0.5, 0.6) is 5.75 Å². The van der Waals surface area contributed by atoms with E-state index in [0.717, 1.165) is 24.3 Å². The van der Waals surface area contributed by atoms with Crippen LogP contribution in [0, 0.1) is 21.7 Å². The number of nitrogens with zero attached hydrogens (tertiary/aromatic N) is 4. The minimum Gasteiger partial charge on any atom is -0.410 e. The zero-order valence-corrected chi connectivity index (χ0v) is 16.1. The normalized spacial score (nSPS) is 13.8. The summed E-state index contributed by atoms with van der Waals surface area (Å²) < 4.78 is 34.1. The van der Waals surface area contributed by atoms with Gasteiger partial charge in [0.2, 0.25) is 0 Å². The number of carbonyl (C=O) groups is 1. The van der Waals surface area contributed by atoms with Gasteiger partial charge in [0.25, 0.3) is 5.69 Å². The number of amides is 1. The van der Waals surface area contributed by atoms with Crippen LogP contribution in [0.25, 0.3) is 0 Å². The van der Waals surface area contributed by atoms with E-state index in [1.54, 1.807) is 0 Å². The Morgan fingerprint density at radius 2 is 2.03 bits per heavy atom. The summed E-state index contributed by atoms with van der Waals surface area (Å²) in [4.78, 5) is 26.1. The van der Waals surface area contributed by atoms with Gasteiger partial charge in [0.05, 0.1) is 17.5 Å². The van der Waals surface area contributed by atoms with Gasteiger partial charge in [-0.3, -0.25) is 10.1 Å². The smallest absolute Gasteiger partial charge is 0.410 e. The summed E-state index contributed by atoms with van der Waals surface area (Å²) >= 11 is 0. The zero-order chi connectivity index (χ0) is 22.6. The van der Waals surface area contributed by atoms with Gasteiger partial charge in [-0.2, -0.15) is 5.10 Å². The third kappa shape index (κ3) is 4.98. The van der Waals surface area contributed by atoms with E-state index >= 15 is 0 Å². The van der Waals surface area contributed by atoms with E-state index in [1.807, 2.05) is 0 Å². The SMILES string of the molecule is C[C@@H](NC(=O)Oc1ccc([N+](=O)[O-])cc1)[C@@](O)(Cn1cncn1)c1ccc(F)cc1F. The average molecular weight is 433 g/mol. The van der Waals surface area contributed by atoms with Crippen molar-refractivity contribution in [1.29, 1.82) is 0 Å². The standard InChI is InChI=1S/C19H17F2N5O5/c1-12(24-18(27)31-15-5-3-14(4-6-15)26(29)30)19(28,9-25-11-22-10-23-25)16-7-2-13(20)8-17(16)21/h2-8,10-12,28H,9H2,1H3,(H,24,27)/t12-,19+/m1/s1. The number of halogens is 2. The third-order valence-electron chi connectivity index (χ3n) is 4.58. The van der Waals surface area contributed by atoms with Gasteiger partial charge in [0, 0.05) is 23.8 Å². The molecule has 0 saturated heterocycles. The molecule has 0 aliphatic rings. The van der Waals surface area contributed by atoms with E-state index in [-0.39, 0.29) is 23.5 Å². The van der Waals surface area contributed by atoms with Crippen LogP contribution in [0.4, 0.5) is 19.3 Å². The molecule has 3 rings (SSSR count). The first kappa shape index (κ1) is 21.8. The summed E-state index contributed by atoms with van der Waals surface area (Å²) in [5.74, 6) is -1.83. The fraction of sp³-hybridized carbons (Fsp3) is 0.211. The summed E-state index contributed by atoms with van der Waals surface area (Å²) in [7, 11) is 0. The Balaban J connectivity index is 1.81. The third-order valence-corrected chi connectivity index (χ3v) is 4.58. The highest BCUT2D eigenvalue weighted by molar-refractivity contribution is 5.71. The highest BCUT2D eigenvalue weighted by Gasteiger charge is 2.40. The van der Waals surface area contributed by atoms with Crippen molar-refractivity contribution in [2.45, 2.75) is 25.1 Å². The molecule has 1 amide bonds. The Morgan fingerprint density at radius 1 is 1.32 bits per heavy atom. The molecule has 2 aromatic carbocycles. The Kier molecular flexibility index (Phi) is 6.20. The monoisotopic (exact) mass is 433 g/mol. The van der Waals surface area contributed by atoms with Gasteiger partial charge in [-0.05, 0) is 25.1 Å². The van der Waals surface area contributed by atoms with Gasteiger partial charge in [0.15, 0.2) is 0 Å². The van der Waals surface area contributed by atoms with Crippen molar-refractivity contribution in [3.63, 3.8) is 0 Å².